The lowest BCUT2D eigenvalue weighted by atomic mass is 9.99. The summed E-state index contributed by atoms with van der Waals surface area (Å²) < 4.78 is 0. The fourth-order valence-electron chi connectivity index (χ4n) is 2.97. The van der Waals surface area contributed by atoms with Gasteiger partial charge in [0.2, 0.25) is 17.7 Å². The fraction of sp³-hybridized carbons (Fsp3) is 0.714. The number of nitrogens with zero attached hydrogens (tertiary/aromatic N) is 1. The zero-order valence-corrected chi connectivity index (χ0v) is 21.7. The highest BCUT2D eigenvalue weighted by molar-refractivity contribution is 7.98. The lowest BCUT2D eigenvalue weighted by Gasteiger charge is -2.25. The third-order valence-corrected chi connectivity index (χ3v) is 6.02. The van der Waals surface area contributed by atoms with Gasteiger partial charge in [0.25, 0.3) is 0 Å². The van der Waals surface area contributed by atoms with E-state index in [0.717, 1.165) is 0 Å². The van der Waals surface area contributed by atoms with Crippen LogP contribution >= 0.6 is 11.8 Å². The van der Waals surface area contributed by atoms with Crippen LogP contribution in [0.1, 0.15) is 46.0 Å². The first-order valence-corrected chi connectivity index (χ1v) is 12.9. The van der Waals surface area contributed by atoms with Crippen LogP contribution < -0.4 is 33.2 Å². The minimum absolute atomic E-state index is 0.0172. The zero-order chi connectivity index (χ0) is 27.8. The van der Waals surface area contributed by atoms with Crippen LogP contribution in [0.25, 0.3) is 0 Å². The second-order valence-corrected chi connectivity index (χ2v) is 9.25. The highest BCUT2D eigenvalue weighted by atomic mass is 32.2. The van der Waals surface area contributed by atoms with Crippen molar-refractivity contribution in [3.05, 3.63) is 0 Å². The van der Waals surface area contributed by atoms with E-state index in [1.165, 1.54) is 11.8 Å². The summed E-state index contributed by atoms with van der Waals surface area (Å²) in [5.41, 5.74) is 16.5. The van der Waals surface area contributed by atoms with Gasteiger partial charge in [0.15, 0.2) is 5.96 Å². The maximum Gasteiger partial charge on any atom is 0.326 e. The molecule has 0 aromatic heterocycles. The van der Waals surface area contributed by atoms with Gasteiger partial charge >= 0.3 is 11.9 Å². The third kappa shape index (κ3) is 13.1. The summed E-state index contributed by atoms with van der Waals surface area (Å²) in [6, 6.07) is -4.90. The van der Waals surface area contributed by atoms with Crippen molar-refractivity contribution < 1.29 is 34.2 Å². The summed E-state index contributed by atoms with van der Waals surface area (Å²) >= 11 is 1.41. The van der Waals surface area contributed by atoms with Gasteiger partial charge < -0.3 is 43.4 Å². The Morgan fingerprint density at radius 3 is 1.97 bits per heavy atom. The largest absolute Gasteiger partial charge is 0.481 e. The van der Waals surface area contributed by atoms with Crippen molar-refractivity contribution in [1.29, 1.82) is 0 Å². The summed E-state index contributed by atoms with van der Waals surface area (Å²) in [6.07, 6.45) is 2.04. The van der Waals surface area contributed by atoms with Gasteiger partial charge in [-0.1, -0.05) is 20.3 Å². The Hall–Kier alpha value is -3.07. The second-order valence-electron chi connectivity index (χ2n) is 8.26. The maximum absolute atomic E-state index is 12.9. The van der Waals surface area contributed by atoms with Crippen molar-refractivity contribution >= 4 is 47.4 Å². The summed E-state index contributed by atoms with van der Waals surface area (Å²) in [4.78, 5) is 64.9. The number of carbonyl (C=O) groups is 5. The number of hydrogen-bond donors (Lipinski definition) is 8. The van der Waals surface area contributed by atoms with Crippen molar-refractivity contribution in [3.8, 4) is 0 Å². The van der Waals surface area contributed by atoms with E-state index >= 15 is 0 Å². The Labute approximate surface area is 214 Å². The fourth-order valence-corrected chi connectivity index (χ4v) is 3.45. The molecule has 36 heavy (non-hydrogen) atoms. The Morgan fingerprint density at radius 2 is 1.47 bits per heavy atom. The molecule has 5 atom stereocenters. The normalized spacial score (nSPS) is 14.9. The summed E-state index contributed by atoms with van der Waals surface area (Å²) in [7, 11) is 0. The highest BCUT2D eigenvalue weighted by Crippen LogP contribution is 2.08. The molecule has 0 aromatic rings. The molecular formula is C21H39N7O7S. The van der Waals surface area contributed by atoms with E-state index in [-0.39, 0.29) is 37.7 Å². The van der Waals surface area contributed by atoms with Crippen LogP contribution in [0.15, 0.2) is 4.99 Å². The van der Waals surface area contributed by atoms with E-state index < -0.39 is 60.2 Å². The number of aliphatic carboxylic acids is 2. The summed E-state index contributed by atoms with van der Waals surface area (Å²) in [6.45, 7) is 3.70. The molecule has 0 aliphatic rings. The predicted molar refractivity (Wildman–Crippen MR) is 136 cm³/mol. The molecule has 15 heteroatoms. The standard InChI is InChI=1S/C21H39N7O7S/c1-4-11(2)16(22)19(33)28-14(10-15(29)30)18(32)26-12(6-5-8-25-21(23)24)17(31)27-13(20(34)35)7-9-36-3/h11-14,16H,4-10,22H2,1-3H3,(H,26,32)(H,27,31)(H,28,33)(H,29,30)(H,34,35)(H4,23,24,25). The van der Waals surface area contributed by atoms with Crippen LogP contribution in [0.2, 0.25) is 0 Å². The van der Waals surface area contributed by atoms with Crippen LogP contribution in [-0.4, -0.2) is 88.6 Å². The van der Waals surface area contributed by atoms with Gasteiger partial charge in [-0.15, -0.1) is 0 Å². The van der Waals surface area contributed by atoms with Gasteiger partial charge in [-0.25, -0.2) is 4.79 Å². The molecule has 0 aliphatic carbocycles. The number of guanidine groups is 1. The van der Waals surface area contributed by atoms with Gasteiger partial charge in [0.05, 0.1) is 12.5 Å². The molecule has 0 aromatic carbocycles. The van der Waals surface area contributed by atoms with Crippen LogP contribution in [0.4, 0.5) is 0 Å². The van der Waals surface area contributed by atoms with E-state index in [1.807, 2.05) is 6.92 Å². The van der Waals surface area contributed by atoms with E-state index in [1.54, 1.807) is 13.2 Å². The molecular weight excluding hydrogens is 494 g/mol. The molecule has 11 N–H and O–H groups in total. The highest BCUT2D eigenvalue weighted by Gasteiger charge is 2.32. The third-order valence-electron chi connectivity index (χ3n) is 5.37. The van der Waals surface area contributed by atoms with Crippen molar-refractivity contribution in [2.75, 3.05) is 18.6 Å². The van der Waals surface area contributed by atoms with E-state index in [2.05, 4.69) is 20.9 Å². The molecule has 0 heterocycles. The van der Waals surface area contributed by atoms with Crippen LogP contribution in [0, 0.1) is 5.92 Å². The number of thioether (sulfide) groups is 1. The number of rotatable bonds is 18. The average Bonchev–Trinajstić information content (AvgIpc) is 2.80. The predicted octanol–water partition coefficient (Wildman–Crippen LogP) is -1.82. The number of carbonyl (C=O) groups excluding carboxylic acids is 3. The van der Waals surface area contributed by atoms with Crippen LogP contribution in [0.3, 0.4) is 0 Å². The number of hydrogen-bond acceptors (Lipinski definition) is 8. The van der Waals surface area contributed by atoms with Crippen LogP contribution in [-0.2, 0) is 24.0 Å². The van der Waals surface area contributed by atoms with Crippen molar-refractivity contribution in [2.45, 2.75) is 70.1 Å². The number of nitrogens with one attached hydrogen (secondary N) is 3. The number of nitrogens with two attached hydrogens (primary N) is 3. The number of carboxylic acid groups (broad SMARTS) is 2. The molecule has 5 unspecified atom stereocenters. The van der Waals surface area contributed by atoms with Gasteiger partial charge in [-0.2, -0.15) is 11.8 Å². The summed E-state index contributed by atoms with van der Waals surface area (Å²) in [5, 5.41) is 25.8. The smallest absolute Gasteiger partial charge is 0.326 e. The Bertz CT molecular complexity index is 793. The number of amides is 3. The lowest BCUT2D eigenvalue weighted by Crippen LogP contribution is -2.58. The topological polar surface area (TPSA) is 252 Å². The van der Waals surface area contributed by atoms with E-state index in [0.29, 0.717) is 12.2 Å². The number of carboxylic acids is 2. The van der Waals surface area contributed by atoms with Gasteiger partial charge in [0.1, 0.15) is 18.1 Å². The van der Waals surface area contributed by atoms with Gasteiger partial charge in [-0.05, 0) is 37.2 Å². The lowest BCUT2D eigenvalue weighted by molar-refractivity contribution is -0.143. The van der Waals surface area contributed by atoms with Crippen molar-refractivity contribution in [1.82, 2.24) is 16.0 Å². The minimum atomic E-state index is -1.51. The summed E-state index contributed by atoms with van der Waals surface area (Å²) in [5.74, 6) is -4.92. The average molecular weight is 534 g/mol. The van der Waals surface area contributed by atoms with Crippen molar-refractivity contribution in [2.24, 2.45) is 28.1 Å². The Kier molecular flexibility index (Phi) is 15.9. The SMILES string of the molecule is CCC(C)C(N)C(=O)NC(CC(=O)O)C(=O)NC(CCCN=C(N)N)C(=O)NC(CCSC)C(=O)O. The van der Waals surface area contributed by atoms with Gasteiger partial charge in [-0.3, -0.25) is 24.2 Å². The first-order valence-electron chi connectivity index (χ1n) is 11.5. The first-order chi connectivity index (χ1) is 16.8. The zero-order valence-electron chi connectivity index (χ0n) is 20.9. The van der Waals surface area contributed by atoms with Crippen LogP contribution in [0.5, 0.6) is 0 Å². The Balaban J connectivity index is 5.66. The van der Waals surface area contributed by atoms with E-state index in [9.17, 15) is 34.2 Å². The Morgan fingerprint density at radius 1 is 0.917 bits per heavy atom. The molecule has 3 amide bonds. The minimum Gasteiger partial charge on any atom is -0.481 e. The maximum atomic E-state index is 12.9. The molecule has 0 saturated heterocycles. The number of aliphatic imine (C=N–C) groups is 1. The molecule has 0 fully saturated rings. The molecule has 14 nitrogen and oxygen atoms in total. The molecule has 0 aliphatic heterocycles. The molecule has 0 saturated carbocycles. The molecule has 206 valence electrons. The first kappa shape index (κ1) is 32.9. The molecule has 0 rings (SSSR count). The quantitative estimate of drug-likeness (QED) is 0.0553. The second kappa shape index (κ2) is 17.4. The van der Waals surface area contributed by atoms with E-state index in [4.69, 9.17) is 17.2 Å². The van der Waals surface area contributed by atoms with Crippen molar-refractivity contribution in [3.63, 3.8) is 0 Å². The van der Waals surface area contributed by atoms with Gasteiger partial charge in [0, 0.05) is 6.54 Å². The molecule has 0 bridgehead atoms. The molecule has 0 spiro atoms. The molecule has 0 radical (unpaired) electrons. The monoisotopic (exact) mass is 533 g/mol.